The van der Waals surface area contributed by atoms with Crippen LogP contribution in [0.2, 0.25) is 0 Å². The highest BCUT2D eigenvalue weighted by molar-refractivity contribution is 5.37. The minimum atomic E-state index is -0.277. The molecule has 1 fully saturated rings. The molecule has 0 spiro atoms. The van der Waals surface area contributed by atoms with E-state index in [0.717, 1.165) is 37.5 Å². The highest BCUT2D eigenvalue weighted by atomic mass is 16.5. The summed E-state index contributed by atoms with van der Waals surface area (Å²) in [5.41, 5.74) is 0.907. The van der Waals surface area contributed by atoms with E-state index >= 15 is 0 Å². The summed E-state index contributed by atoms with van der Waals surface area (Å²) in [5, 5.41) is 9.88. The molecule has 0 atom stereocenters. The van der Waals surface area contributed by atoms with Crippen LogP contribution in [-0.4, -0.2) is 6.61 Å². The second-order valence-electron chi connectivity index (χ2n) is 8.42. The zero-order chi connectivity index (χ0) is 19.4. The third-order valence-electron chi connectivity index (χ3n) is 6.29. The van der Waals surface area contributed by atoms with Crippen LogP contribution in [0.5, 0.6) is 5.75 Å². The topological polar surface area (TPSA) is 33.0 Å². The van der Waals surface area contributed by atoms with Crippen molar-refractivity contribution in [1.29, 1.82) is 5.26 Å². The molecule has 0 radical (unpaired) electrons. The van der Waals surface area contributed by atoms with Crippen molar-refractivity contribution in [1.82, 2.24) is 0 Å². The highest BCUT2D eigenvalue weighted by Crippen LogP contribution is 2.42. The quantitative estimate of drug-likeness (QED) is 0.356. The fourth-order valence-corrected chi connectivity index (χ4v) is 4.45. The Morgan fingerprint density at radius 3 is 2.15 bits per heavy atom. The van der Waals surface area contributed by atoms with E-state index < -0.39 is 0 Å². The van der Waals surface area contributed by atoms with E-state index in [1.807, 2.05) is 0 Å². The van der Waals surface area contributed by atoms with E-state index in [9.17, 15) is 5.26 Å². The van der Waals surface area contributed by atoms with Crippen LogP contribution in [0.15, 0.2) is 24.3 Å². The first kappa shape index (κ1) is 21.8. The summed E-state index contributed by atoms with van der Waals surface area (Å²) < 4.78 is 5.91. The van der Waals surface area contributed by atoms with E-state index in [4.69, 9.17) is 4.74 Å². The summed E-state index contributed by atoms with van der Waals surface area (Å²) in [7, 11) is 0. The van der Waals surface area contributed by atoms with Gasteiger partial charge in [0.25, 0.3) is 0 Å². The Hall–Kier alpha value is -1.49. The average molecular weight is 370 g/mol. The third kappa shape index (κ3) is 6.87. The lowest BCUT2D eigenvalue weighted by Crippen LogP contribution is -2.30. The monoisotopic (exact) mass is 369 g/mol. The first-order chi connectivity index (χ1) is 13.2. The predicted octanol–water partition coefficient (Wildman–Crippen LogP) is 7.57. The van der Waals surface area contributed by atoms with Gasteiger partial charge in [0.2, 0.25) is 0 Å². The Bertz CT molecular complexity index is 549. The molecule has 0 aromatic heterocycles. The van der Waals surface area contributed by atoms with Gasteiger partial charge in [-0.05, 0) is 55.7 Å². The molecular weight excluding hydrogens is 330 g/mol. The lowest BCUT2D eigenvalue weighted by molar-refractivity contribution is 0.265. The van der Waals surface area contributed by atoms with Gasteiger partial charge in [0, 0.05) is 0 Å². The zero-order valence-electron chi connectivity index (χ0n) is 17.6. The maximum Gasteiger partial charge on any atom is 0.119 e. The van der Waals surface area contributed by atoms with Gasteiger partial charge < -0.3 is 4.74 Å². The van der Waals surface area contributed by atoms with Gasteiger partial charge in [0.1, 0.15) is 5.75 Å². The SMILES string of the molecule is CCCCCCCCCOc1ccc(C2(C#N)CCC(CCC)CC2)cc1. The van der Waals surface area contributed by atoms with Crippen LogP contribution in [0.4, 0.5) is 0 Å². The van der Waals surface area contributed by atoms with Crippen molar-refractivity contribution in [2.45, 2.75) is 103 Å². The minimum Gasteiger partial charge on any atom is -0.494 e. The first-order valence-corrected chi connectivity index (χ1v) is 11.4. The van der Waals surface area contributed by atoms with Crippen molar-refractivity contribution < 1.29 is 4.74 Å². The number of nitrogens with zero attached hydrogens (tertiary/aromatic N) is 1. The molecule has 1 aliphatic carbocycles. The van der Waals surface area contributed by atoms with Crippen molar-refractivity contribution in [2.24, 2.45) is 5.92 Å². The van der Waals surface area contributed by atoms with Crippen LogP contribution >= 0.6 is 0 Å². The Labute approximate surface area is 167 Å². The predicted molar refractivity (Wildman–Crippen MR) is 114 cm³/mol. The molecule has 0 heterocycles. The smallest absolute Gasteiger partial charge is 0.119 e. The van der Waals surface area contributed by atoms with Crippen LogP contribution in [0.1, 0.15) is 103 Å². The second-order valence-corrected chi connectivity index (χ2v) is 8.42. The molecule has 1 aliphatic rings. The number of ether oxygens (including phenoxy) is 1. The first-order valence-electron chi connectivity index (χ1n) is 11.4. The molecule has 1 saturated carbocycles. The molecule has 1 aromatic carbocycles. The molecule has 2 nitrogen and oxygen atoms in total. The molecule has 0 saturated heterocycles. The normalized spacial score (nSPS) is 22.3. The van der Waals surface area contributed by atoms with Gasteiger partial charge in [-0.15, -0.1) is 0 Å². The molecule has 2 rings (SSSR count). The second kappa shape index (κ2) is 12.1. The number of nitriles is 1. The van der Waals surface area contributed by atoms with Crippen molar-refractivity contribution in [3.63, 3.8) is 0 Å². The van der Waals surface area contributed by atoms with Crippen molar-refractivity contribution >= 4 is 0 Å². The van der Waals surface area contributed by atoms with Crippen molar-refractivity contribution in [3.05, 3.63) is 29.8 Å². The van der Waals surface area contributed by atoms with Gasteiger partial charge in [-0.3, -0.25) is 0 Å². The third-order valence-corrected chi connectivity index (χ3v) is 6.29. The van der Waals surface area contributed by atoms with Gasteiger partial charge in [0.05, 0.1) is 18.1 Å². The fourth-order valence-electron chi connectivity index (χ4n) is 4.45. The zero-order valence-corrected chi connectivity index (χ0v) is 17.6. The van der Waals surface area contributed by atoms with E-state index in [1.165, 1.54) is 69.8 Å². The van der Waals surface area contributed by atoms with Crippen LogP contribution in [0, 0.1) is 17.2 Å². The maximum absolute atomic E-state index is 9.88. The number of hydrogen-bond acceptors (Lipinski definition) is 2. The van der Waals surface area contributed by atoms with Gasteiger partial charge in [0.15, 0.2) is 0 Å². The molecule has 1 aromatic rings. The Morgan fingerprint density at radius 1 is 0.926 bits per heavy atom. The maximum atomic E-state index is 9.88. The van der Waals surface area contributed by atoms with Crippen molar-refractivity contribution in [3.8, 4) is 11.8 Å². The summed E-state index contributed by atoms with van der Waals surface area (Å²) >= 11 is 0. The molecule has 0 bridgehead atoms. The van der Waals surface area contributed by atoms with Crippen LogP contribution in [0.25, 0.3) is 0 Å². The summed E-state index contributed by atoms with van der Waals surface area (Å²) in [6.07, 6.45) is 16.1. The molecule has 0 unspecified atom stereocenters. The number of rotatable bonds is 12. The molecule has 0 amide bonds. The number of hydrogen-bond donors (Lipinski definition) is 0. The summed E-state index contributed by atoms with van der Waals surface area (Å²) in [6.45, 7) is 5.32. The largest absolute Gasteiger partial charge is 0.494 e. The van der Waals surface area contributed by atoms with Gasteiger partial charge >= 0.3 is 0 Å². The van der Waals surface area contributed by atoms with E-state index in [0.29, 0.717) is 0 Å². The summed E-state index contributed by atoms with van der Waals surface area (Å²) in [6, 6.07) is 11.0. The highest BCUT2D eigenvalue weighted by Gasteiger charge is 2.36. The molecule has 27 heavy (non-hydrogen) atoms. The lowest BCUT2D eigenvalue weighted by atomic mass is 9.67. The van der Waals surface area contributed by atoms with Crippen LogP contribution < -0.4 is 4.74 Å². The van der Waals surface area contributed by atoms with Gasteiger partial charge in [-0.1, -0.05) is 77.3 Å². The Morgan fingerprint density at radius 2 is 1.56 bits per heavy atom. The van der Waals surface area contributed by atoms with Gasteiger partial charge in [-0.25, -0.2) is 0 Å². The lowest BCUT2D eigenvalue weighted by Gasteiger charge is -2.35. The summed E-state index contributed by atoms with van der Waals surface area (Å²) in [4.78, 5) is 0. The van der Waals surface area contributed by atoms with Crippen LogP contribution in [0.3, 0.4) is 0 Å². The fraction of sp³-hybridized carbons (Fsp3) is 0.720. The molecule has 2 heteroatoms. The van der Waals surface area contributed by atoms with E-state index in [-0.39, 0.29) is 5.41 Å². The standard InChI is InChI=1S/C25H39NO/c1-3-5-6-7-8-9-10-20-27-24-14-12-23(13-15-24)25(21-26)18-16-22(11-4-2)17-19-25/h12-15,22H,3-11,16-20H2,1-2H3. The molecule has 0 N–H and O–H groups in total. The average Bonchev–Trinajstić information content (AvgIpc) is 2.71. The number of benzene rings is 1. The summed E-state index contributed by atoms with van der Waals surface area (Å²) in [5.74, 6) is 1.76. The van der Waals surface area contributed by atoms with Gasteiger partial charge in [-0.2, -0.15) is 5.26 Å². The van der Waals surface area contributed by atoms with Crippen molar-refractivity contribution in [2.75, 3.05) is 6.61 Å². The molecule has 150 valence electrons. The van der Waals surface area contributed by atoms with Crippen LogP contribution in [-0.2, 0) is 5.41 Å². The van der Waals surface area contributed by atoms with E-state index in [1.54, 1.807) is 0 Å². The minimum absolute atomic E-state index is 0.277. The Balaban J connectivity index is 1.75. The Kier molecular flexibility index (Phi) is 9.74. The van der Waals surface area contributed by atoms with E-state index in [2.05, 4.69) is 44.2 Å². The number of unbranched alkanes of at least 4 members (excludes halogenated alkanes) is 6. The molecule has 0 aliphatic heterocycles. The molecular formula is C25H39NO.